The molecular formula is C33H35N3O4. The summed E-state index contributed by atoms with van der Waals surface area (Å²) in [6, 6.07) is 19.1. The Morgan fingerprint density at radius 3 is 2.62 bits per heavy atom. The normalized spacial score (nSPS) is 12.7. The van der Waals surface area contributed by atoms with Crippen molar-refractivity contribution in [3.8, 4) is 16.9 Å². The van der Waals surface area contributed by atoms with Crippen LogP contribution in [0.5, 0.6) is 5.75 Å². The van der Waals surface area contributed by atoms with Crippen LogP contribution in [0.4, 0.5) is 5.69 Å². The van der Waals surface area contributed by atoms with Crippen LogP contribution in [0.3, 0.4) is 0 Å². The lowest BCUT2D eigenvalue weighted by Gasteiger charge is -2.31. The van der Waals surface area contributed by atoms with Crippen LogP contribution in [0.2, 0.25) is 0 Å². The summed E-state index contributed by atoms with van der Waals surface area (Å²) >= 11 is 0. The summed E-state index contributed by atoms with van der Waals surface area (Å²) in [7, 11) is 0. The molecule has 0 saturated heterocycles. The maximum absolute atomic E-state index is 13.3. The molecule has 1 aliphatic rings. The van der Waals surface area contributed by atoms with E-state index in [-0.39, 0.29) is 11.5 Å². The van der Waals surface area contributed by atoms with Crippen molar-refractivity contribution in [2.24, 2.45) is 0 Å². The molecule has 40 heavy (non-hydrogen) atoms. The van der Waals surface area contributed by atoms with Crippen LogP contribution in [0.15, 0.2) is 66.9 Å². The summed E-state index contributed by atoms with van der Waals surface area (Å²) in [6.07, 6.45) is 4.91. The molecule has 0 spiro atoms. The van der Waals surface area contributed by atoms with E-state index in [1.54, 1.807) is 18.2 Å². The van der Waals surface area contributed by atoms with E-state index < -0.39 is 5.97 Å². The number of aromatic nitrogens is 2. The zero-order chi connectivity index (χ0) is 28.2. The summed E-state index contributed by atoms with van der Waals surface area (Å²) in [5.74, 6) is 0.0578. The highest BCUT2D eigenvalue weighted by molar-refractivity contribution is 5.96. The number of nitrogens with zero attached hydrogens (tertiary/aromatic N) is 3. The number of carboxylic acid groups (broad SMARTS) is 1. The van der Waals surface area contributed by atoms with Crippen LogP contribution in [0.25, 0.3) is 11.1 Å². The lowest BCUT2D eigenvalue weighted by atomic mass is 9.92. The predicted octanol–water partition coefficient (Wildman–Crippen LogP) is 6.36. The van der Waals surface area contributed by atoms with Crippen LogP contribution in [-0.4, -0.2) is 39.9 Å². The minimum atomic E-state index is -0.942. The first kappa shape index (κ1) is 27.2. The van der Waals surface area contributed by atoms with Crippen molar-refractivity contribution in [2.75, 3.05) is 18.1 Å². The van der Waals surface area contributed by atoms with Crippen molar-refractivity contribution < 1.29 is 19.4 Å². The minimum absolute atomic E-state index is 0.119. The molecule has 0 bridgehead atoms. The first-order valence-corrected chi connectivity index (χ1v) is 13.8. The molecule has 0 aliphatic carbocycles. The third-order valence-electron chi connectivity index (χ3n) is 7.65. The first-order chi connectivity index (χ1) is 19.3. The van der Waals surface area contributed by atoms with Gasteiger partial charge in [-0.25, -0.2) is 4.79 Å². The Balaban J connectivity index is 1.29. The van der Waals surface area contributed by atoms with E-state index in [2.05, 4.69) is 26.0 Å². The summed E-state index contributed by atoms with van der Waals surface area (Å²) in [5, 5.41) is 14.0. The summed E-state index contributed by atoms with van der Waals surface area (Å²) in [4.78, 5) is 26.6. The number of benzene rings is 3. The maximum Gasteiger partial charge on any atom is 0.335 e. The van der Waals surface area contributed by atoms with Crippen molar-refractivity contribution >= 4 is 17.6 Å². The third kappa shape index (κ3) is 5.78. The molecular weight excluding hydrogens is 502 g/mol. The second-order valence-electron chi connectivity index (χ2n) is 10.4. The zero-order valence-electron chi connectivity index (χ0n) is 23.3. The molecule has 0 atom stereocenters. The van der Waals surface area contributed by atoms with Gasteiger partial charge in [0.25, 0.3) is 0 Å². The molecule has 1 N–H and O–H groups in total. The number of carbonyl (C=O) groups excluding carboxylic acids is 1. The van der Waals surface area contributed by atoms with Crippen LogP contribution < -0.4 is 9.64 Å². The Labute approximate surface area is 235 Å². The Morgan fingerprint density at radius 2 is 1.80 bits per heavy atom. The molecule has 0 saturated carbocycles. The molecule has 0 fully saturated rings. The number of carbonyl (C=O) groups is 2. The number of amides is 1. The number of rotatable bonds is 9. The molecule has 1 aliphatic heterocycles. The van der Waals surface area contributed by atoms with E-state index in [4.69, 9.17) is 9.84 Å². The fourth-order valence-electron chi connectivity index (χ4n) is 5.41. The molecule has 3 aromatic carbocycles. The number of anilines is 1. The van der Waals surface area contributed by atoms with Gasteiger partial charge in [0.05, 0.1) is 24.4 Å². The van der Waals surface area contributed by atoms with Gasteiger partial charge in [-0.2, -0.15) is 5.10 Å². The first-order valence-electron chi connectivity index (χ1n) is 13.8. The quantitative estimate of drug-likeness (QED) is 0.251. The molecule has 5 rings (SSSR count). The van der Waals surface area contributed by atoms with Crippen LogP contribution in [-0.2, 0) is 17.8 Å². The van der Waals surface area contributed by atoms with Gasteiger partial charge >= 0.3 is 5.97 Å². The van der Waals surface area contributed by atoms with Crippen molar-refractivity contribution in [3.05, 3.63) is 100 Å². The Morgan fingerprint density at radius 1 is 1.00 bits per heavy atom. The van der Waals surface area contributed by atoms with E-state index in [0.29, 0.717) is 32.5 Å². The average molecular weight is 538 g/mol. The lowest BCUT2D eigenvalue weighted by molar-refractivity contribution is -0.118. The van der Waals surface area contributed by atoms with Gasteiger partial charge in [-0.15, -0.1) is 0 Å². The lowest BCUT2D eigenvalue weighted by Crippen LogP contribution is -2.35. The number of aromatic carboxylic acids is 1. The standard InChI is InChI=1S/C33H35N3O4/c1-22-9-4-15-31(23(22)2)40-18-8-16-32(37)36-17-7-13-28-27(12-6-14-30(28)36)29-21-35(34-24(29)3)20-25-10-5-11-26(19-25)33(38)39/h4-6,9-12,14-15,19,21H,7-8,13,16-18,20H2,1-3H3,(H,38,39). The van der Waals surface area contributed by atoms with Gasteiger partial charge in [0.15, 0.2) is 0 Å². The van der Waals surface area contributed by atoms with Crippen molar-refractivity contribution in [1.82, 2.24) is 9.78 Å². The van der Waals surface area contributed by atoms with Gasteiger partial charge in [-0.1, -0.05) is 36.4 Å². The van der Waals surface area contributed by atoms with E-state index >= 15 is 0 Å². The Kier molecular flexibility index (Phi) is 8.01. The summed E-state index contributed by atoms with van der Waals surface area (Å²) in [6.45, 7) is 7.81. The number of aryl methyl sites for hydroxylation is 2. The third-order valence-corrected chi connectivity index (χ3v) is 7.65. The number of hydrogen-bond donors (Lipinski definition) is 1. The number of ether oxygens (including phenoxy) is 1. The van der Waals surface area contributed by atoms with Crippen LogP contribution >= 0.6 is 0 Å². The van der Waals surface area contributed by atoms with E-state index in [9.17, 15) is 14.7 Å². The van der Waals surface area contributed by atoms with Crippen molar-refractivity contribution in [1.29, 1.82) is 0 Å². The van der Waals surface area contributed by atoms with Gasteiger partial charge in [0.2, 0.25) is 5.91 Å². The Hall–Kier alpha value is -4.39. The highest BCUT2D eigenvalue weighted by Crippen LogP contribution is 2.37. The number of carboxylic acids is 1. The highest BCUT2D eigenvalue weighted by atomic mass is 16.5. The van der Waals surface area contributed by atoms with E-state index in [0.717, 1.165) is 52.2 Å². The SMILES string of the molecule is Cc1cccc(OCCCC(=O)N2CCCc3c(-c4cn(Cc5cccc(C(=O)O)c5)nc4C)cccc32)c1C. The summed E-state index contributed by atoms with van der Waals surface area (Å²) < 4.78 is 7.82. The second kappa shape index (κ2) is 11.8. The predicted molar refractivity (Wildman–Crippen MR) is 156 cm³/mol. The Bertz CT molecular complexity index is 1560. The molecule has 4 aromatic rings. The van der Waals surface area contributed by atoms with Crippen LogP contribution in [0, 0.1) is 20.8 Å². The molecule has 0 unspecified atom stereocenters. The van der Waals surface area contributed by atoms with Gasteiger partial charge in [0, 0.05) is 30.4 Å². The molecule has 1 aromatic heterocycles. The monoisotopic (exact) mass is 537 g/mol. The van der Waals surface area contributed by atoms with Gasteiger partial charge < -0.3 is 14.7 Å². The van der Waals surface area contributed by atoms with Gasteiger partial charge in [-0.05, 0) is 92.1 Å². The smallest absolute Gasteiger partial charge is 0.335 e. The van der Waals surface area contributed by atoms with Gasteiger partial charge in [0.1, 0.15) is 5.75 Å². The topological polar surface area (TPSA) is 84.7 Å². The van der Waals surface area contributed by atoms with E-state index in [1.807, 2.05) is 53.0 Å². The van der Waals surface area contributed by atoms with Crippen molar-refractivity contribution in [2.45, 2.75) is 53.0 Å². The van der Waals surface area contributed by atoms with Crippen molar-refractivity contribution in [3.63, 3.8) is 0 Å². The van der Waals surface area contributed by atoms with E-state index in [1.165, 1.54) is 11.1 Å². The van der Waals surface area contributed by atoms with Crippen LogP contribution in [0.1, 0.15) is 57.6 Å². The maximum atomic E-state index is 13.3. The minimum Gasteiger partial charge on any atom is -0.493 e. The molecule has 7 nitrogen and oxygen atoms in total. The average Bonchev–Trinajstić information content (AvgIpc) is 3.31. The molecule has 206 valence electrons. The summed E-state index contributed by atoms with van der Waals surface area (Å²) in [5.41, 5.74) is 8.65. The van der Waals surface area contributed by atoms with Gasteiger partial charge in [-0.3, -0.25) is 9.48 Å². The largest absolute Gasteiger partial charge is 0.493 e. The molecule has 2 heterocycles. The number of hydrogen-bond acceptors (Lipinski definition) is 4. The number of fused-ring (bicyclic) bond motifs is 1. The molecule has 0 radical (unpaired) electrons. The fraction of sp³-hybridized carbons (Fsp3) is 0.303. The molecule has 7 heteroatoms. The zero-order valence-corrected chi connectivity index (χ0v) is 23.3. The highest BCUT2D eigenvalue weighted by Gasteiger charge is 2.25. The second-order valence-corrected chi connectivity index (χ2v) is 10.4. The fourth-order valence-corrected chi connectivity index (χ4v) is 5.41. The molecule has 1 amide bonds.